The molecule has 3 N–H and O–H groups in total. The van der Waals surface area contributed by atoms with Crippen LogP contribution in [0.2, 0.25) is 0 Å². The summed E-state index contributed by atoms with van der Waals surface area (Å²) in [6.45, 7) is 4.03. The summed E-state index contributed by atoms with van der Waals surface area (Å²) in [6.07, 6.45) is 1.43. The number of carbonyl (C=O) groups excluding carboxylic acids is 3. The van der Waals surface area contributed by atoms with Gasteiger partial charge in [-0.05, 0) is 55.0 Å². The topological polar surface area (TPSA) is 131 Å². The van der Waals surface area contributed by atoms with E-state index in [0.717, 1.165) is 5.56 Å². The highest BCUT2D eigenvalue weighted by Crippen LogP contribution is 2.21. The minimum Gasteiger partial charge on any atom is -0.465 e. The van der Waals surface area contributed by atoms with Gasteiger partial charge in [-0.3, -0.25) is 14.6 Å². The summed E-state index contributed by atoms with van der Waals surface area (Å²) >= 11 is 0. The van der Waals surface area contributed by atoms with Crippen LogP contribution in [0.3, 0.4) is 0 Å². The fourth-order valence-corrected chi connectivity index (χ4v) is 4.28. The van der Waals surface area contributed by atoms with E-state index in [9.17, 15) is 19.5 Å². The number of hydrogen-bond acceptors (Lipinski definition) is 7. The summed E-state index contributed by atoms with van der Waals surface area (Å²) in [5.74, 6) is -1.24. The Morgan fingerprint density at radius 1 is 1.00 bits per heavy atom. The normalized spacial score (nSPS) is 13.6. The molecule has 0 unspecified atom stereocenters. The van der Waals surface area contributed by atoms with E-state index in [1.54, 1.807) is 37.4 Å². The van der Waals surface area contributed by atoms with Crippen molar-refractivity contribution >= 4 is 28.8 Å². The van der Waals surface area contributed by atoms with Crippen LogP contribution in [-0.2, 0) is 16.0 Å². The van der Waals surface area contributed by atoms with Crippen LogP contribution in [0.4, 0.5) is 0 Å². The third-order valence-electron chi connectivity index (χ3n) is 6.19. The van der Waals surface area contributed by atoms with E-state index >= 15 is 0 Å². The molecule has 2 aromatic carbocycles. The Morgan fingerprint density at radius 2 is 1.68 bits per heavy atom. The van der Waals surface area contributed by atoms with Crippen LogP contribution in [-0.4, -0.2) is 59.2 Å². The van der Waals surface area contributed by atoms with Crippen LogP contribution >= 0.6 is 0 Å². The molecule has 0 radical (unpaired) electrons. The first-order valence-electron chi connectivity index (χ1n) is 12.3. The largest absolute Gasteiger partial charge is 0.465 e. The lowest BCUT2D eigenvalue weighted by atomic mass is 9.87. The van der Waals surface area contributed by atoms with E-state index < -0.39 is 29.9 Å². The molecule has 0 saturated carbocycles. The van der Waals surface area contributed by atoms with E-state index in [-0.39, 0.29) is 30.4 Å². The maximum Gasteiger partial charge on any atom is 0.337 e. The molecule has 0 bridgehead atoms. The van der Waals surface area contributed by atoms with Crippen molar-refractivity contribution in [3.05, 3.63) is 71.5 Å². The van der Waals surface area contributed by atoms with Crippen LogP contribution in [0.15, 0.2) is 54.7 Å². The molecule has 3 atom stereocenters. The van der Waals surface area contributed by atoms with Crippen molar-refractivity contribution in [3.63, 3.8) is 0 Å². The molecule has 0 saturated heterocycles. The molecule has 0 spiro atoms. The Morgan fingerprint density at radius 3 is 2.30 bits per heavy atom. The number of hydrogen-bond donors (Lipinski definition) is 3. The Hall–Kier alpha value is -3.85. The van der Waals surface area contributed by atoms with Crippen molar-refractivity contribution in [1.82, 2.24) is 20.6 Å². The van der Waals surface area contributed by atoms with Gasteiger partial charge in [0.15, 0.2) is 0 Å². The first kappa shape index (κ1) is 27.7. The smallest absolute Gasteiger partial charge is 0.337 e. The van der Waals surface area contributed by atoms with E-state index in [0.29, 0.717) is 23.0 Å². The van der Waals surface area contributed by atoms with E-state index in [2.05, 4.69) is 20.6 Å². The van der Waals surface area contributed by atoms with Gasteiger partial charge in [-0.25, -0.2) is 9.78 Å². The van der Waals surface area contributed by atoms with Gasteiger partial charge in [0.1, 0.15) is 5.69 Å². The number of esters is 1. The number of carbonyl (C=O) groups is 3. The highest BCUT2D eigenvalue weighted by molar-refractivity contribution is 5.94. The number of amides is 2. The number of para-hydroxylation sites is 2. The summed E-state index contributed by atoms with van der Waals surface area (Å²) in [7, 11) is 2.89. The van der Waals surface area contributed by atoms with Gasteiger partial charge in [-0.2, -0.15) is 0 Å². The minimum atomic E-state index is -1.02. The van der Waals surface area contributed by atoms with Crippen LogP contribution in [0.1, 0.15) is 53.1 Å². The molecule has 196 valence electrons. The number of nitrogens with one attached hydrogen (secondary N) is 2. The van der Waals surface area contributed by atoms with Gasteiger partial charge in [0.2, 0.25) is 5.91 Å². The first-order valence-corrected chi connectivity index (χ1v) is 12.3. The van der Waals surface area contributed by atoms with Crippen molar-refractivity contribution in [2.45, 2.75) is 45.3 Å². The first-order chi connectivity index (χ1) is 17.7. The summed E-state index contributed by atoms with van der Waals surface area (Å²) in [4.78, 5) is 46.1. The minimum absolute atomic E-state index is 0.127. The van der Waals surface area contributed by atoms with Crippen LogP contribution in [0.5, 0.6) is 0 Å². The third-order valence-corrected chi connectivity index (χ3v) is 6.19. The molecule has 0 aliphatic rings. The number of fused-ring (bicyclic) bond motifs is 1. The molecular formula is C28H34N4O5. The zero-order valence-corrected chi connectivity index (χ0v) is 21.6. The summed E-state index contributed by atoms with van der Waals surface area (Å²) in [5.41, 5.74) is 2.57. The lowest BCUT2D eigenvalue weighted by Gasteiger charge is -2.28. The van der Waals surface area contributed by atoms with Gasteiger partial charge in [-0.15, -0.1) is 0 Å². The average molecular weight is 507 g/mol. The van der Waals surface area contributed by atoms with Crippen LogP contribution in [0.25, 0.3) is 11.0 Å². The molecule has 9 heteroatoms. The van der Waals surface area contributed by atoms with Crippen molar-refractivity contribution in [3.8, 4) is 0 Å². The lowest BCUT2D eigenvalue weighted by Crippen LogP contribution is -2.47. The predicted molar refractivity (Wildman–Crippen MR) is 140 cm³/mol. The Balaban J connectivity index is 1.85. The van der Waals surface area contributed by atoms with Crippen molar-refractivity contribution in [1.29, 1.82) is 0 Å². The molecule has 0 aliphatic heterocycles. The monoisotopic (exact) mass is 506 g/mol. The standard InChI is InChI=1S/C28H34N4O5/c1-17(2)13-20(26(34)29-3)15-25(33)23(14-18-9-11-19(12-10-18)28(36)37-4)32-27(35)24-16-30-21-7-5-6-8-22(21)31-24/h5-12,16-17,20,23,25,33H,13-15H2,1-4H3,(H,29,34)(H,32,35)/t20-,23+,25+/m1/s1. The molecule has 1 heterocycles. The molecule has 2 amide bonds. The van der Waals surface area contributed by atoms with Crippen LogP contribution in [0, 0.1) is 11.8 Å². The van der Waals surface area contributed by atoms with Crippen LogP contribution < -0.4 is 10.6 Å². The Bertz CT molecular complexity index is 1230. The number of aliphatic hydroxyl groups is 1. The van der Waals surface area contributed by atoms with Gasteiger partial charge in [0.25, 0.3) is 5.91 Å². The number of rotatable bonds is 11. The predicted octanol–water partition coefficient (Wildman–Crippen LogP) is 2.92. The number of methoxy groups -OCH3 is 1. The molecule has 1 aromatic heterocycles. The second-order valence-electron chi connectivity index (χ2n) is 9.46. The Labute approximate surface area is 216 Å². The molecule has 0 aliphatic carbocycles. The SMILES string of the molecule is CNC(=O)[C@H](CC(C)C)C[C@H](O)[C@H](Cc1ccc(C(=O)OC)cc1)NC(=O)c1cnc2ccccc2n1. The van der Waals surface area contributed by atoms with Gasteiger partial charge >= 0.3 is 5.97 Å². The zero-order chi connectivity index (χ0) is 26.9. The van der Waals surface area contributed by atoms with Gasteiger partial charge < -0.3 is 20.5 Å². The molecular weight excluding hydrogens is 472 g/mol. The molecule has 3 aromatic rings. The summed E-state index contributed by atoms with van der Waals surface area (Å²) < 4.78 is 4.75. The van der Waals surface area contributed by atoms with Crippen molar-refractivity contribution in [2.24, 2.45) is 11.8 Å². The van der Waals surface area contributed by atoms with Gasteiger partial charge in [0, 0.05) is 13.0 Å². The number of nitrogens with zero attached hydrogens (tertiary/aromatic N) is 2. The zero-order valence-electron chi connectivity index (χ0n) is 21.6. The summed E-state index contributed by atoms with van der Waals surface area (Å²) in [5, 5.41) is 16.8. The van der Waals surface area contributed by atoms with Gasteiger partial charge in [0.05, 0.1) is 42.0 Å². The molecule has 0 fully saturated rings. The van der Waals surface area contributed by atoms with E-state index in [4.69, 9.17) is 4.74 Å². The number of aromatic nitrogens is 2. The number of ether oxygens (including phenoxy) is 1. The lowest BCUT2D eigenvalue weighted by molar-refractivity contribution is -0.126. The molecule has 37 heavy (non-hydrogen) atoms. The second kappa shape index (κ2) is 12.9. The maximum atomic E-state index is 13.2. The van der Waals surface area contributed by atoms with E-state index in [1.165, 1.54) is 13.3 Å². The highest BCUT2D eigenvalue weighted by Gasteiger charge is 2.29. The fourth-order valence-electron chi connectivity index (χ4n) is 4.28. The number of aliphatic hydroxyl groups excluding tert-OH is 1. The maximum absolute atomic E-state index is 13.2. The Kier molecular flexibility index (Phi) is 9.68. The highest BCUT2D eigenvalue weighted by atomic mass is 16.5. The average Bonchev–Trinajstić information content (AvgIpc) is 2.91. The third kappa shape index (κ3) is 7.57. The number of benzene rings is 2. The molecule has 3 rings (SSSR count). The fraction of sp³-hybridized carbons (Fsp3) is 0.393. The van der Waals surface area contributed by atoms with Gasteiger partial charge in [-0.1, -0.05) is 38.1 Å². The van der Waals surface area contributed by atoms with E-state index in [1.807, 2.05) is 32.0 Å². The second-order valence-corrected chi connectivity index (χ2v) is 9.46. The summed E-state index contributed by atoms with van der Waals surface area (Å²) in [6, 6.07) is 13.3. The molecule has 9 nitrogen and oxygen atoms in total. The quantitative estimate of drug-likeness (QED) is 0.341. The van der Waals surface area contributed by atoms with Crippen molar-refractivity contribution < 1.29 is 24.2 Å². The van der Waals surface area contributed by atoms with Crippen molar-refractivity contribution in [2.75, 3.05) is 14.2 Å².